The molecule has 114 valence electrons. The van der Waals surface area contributed by atoms with Crippen LogP contribution in [0.25, 0.3) is 0 Å². The third kappa shape index (κ3) is 4.14. The summed E-state index contributed by atoms with van der Waals surface area (Å²) in [6.07, 6.45) is 4.42. The molecule has 1 unspecified atom stereocenters. The van der Waals surface area contributed by atoms with Gasteiger partial charge in [0.1, 0.15) is 0 Å². The van der Waals surface area contributed by atoms with Crippen molar-refractivity contribution in [2.75, 3.05) is 0 Å². The minimum atomic E-state index is -0.380. The fraction of sp³-hybridized carbons (Fsp3) is 0.500. The van der Waals surface area contributed by atoms with Gasteiger partial charge in [-0.1, -0.05) is 13.0 Å². The van der Waals surface area contributed by atoms with Crippen LogP contribution in [0.3, 0.4) is 0 Å². The first-order chi connectivity index (χ1) is 10.2. The summed E-state index contributed by atoms with van der Waals surface area (Å²) in [7, 11) is 0. The normalized spacial score (nSPS) is 12.6. The molecule has 1 atom stereocenters. The van der Waals surface area contributed by atoms with E-state index < -0.39 is 0 Å². The van der Waals surface area contributed by atoms with Gasteiger partial charge in [0.2, 0.25) is 0 Å². The van der Waals surface area contributed by atoms with Crippen molar-refractivity contribution in [2.45, 2.75) is 52.2 Å². The van der Waals surface area contributed by atoms with Gasteiger partial charge in [0.05, 0.1) is 22.0 Å². The van der Waals surface area contributed by atoms with Gasteiger partial charge in [-0.05, 0) is 54.2 Å². The van der Waals surface area contributed by atoms with E-state index in [4.69, 9.17) is 0 Å². The Balaban J connectivity index is 1.99. The Kier molecular flexibility index (Phi) is 5.94. The molecule has 0 fully saturated rings. The number of hydrogen-bond donors (Lipinski definition) is 1. The minimum absolute atomic E-state index is 0.380. The monoisotopic (exact) mass is 351 g/mol. The molecule has 2 rings (SSSR count). The number of rotatable bonds is 7. The zero-order valence-corrected chi connectivity index (χ0v) is 14.2. The number of aliphatic hydroxyl groups is 1. The van der Waals surface area contributed by atoms with E-state index in [0.717, 1.165) is 40.9 Å². The Morgan fingerprint density at radius 2 is 2.14 bits per heavy atom. The molecule has 5 heteroatoms. The number of hydrogen-bond acceptors (Lipinski definition) is 3. The van der Waals surface area contributed by atoms with Crippen LogP contribution in [0.15, 0.2) is 28.9 Å². The maximum absolute atomic E-state index is 10.3. The molecule has 0 saturated heterocycles. The molecule has 0 spiro atoms. The summed E-state index contributed by atoms with van der Waals surface area (Å²) in [6, 6.07) is 5.88. The lowest BCUT2D eigenvalue weighted by Crippen LogP contribution is -2.15. The zero-order chi connectivity index (χ0) is 15.2. The fourth-order valence-electron chi connectivity index (χ4n) is 2.40. The van der Waals surface area contributed by atoms with Crippen molar-refractivity contribution in [3.63, 3.8) is 0 Å². The third-order valence-corrected chi connectivity index (χ3v) is 4.50. The van der Waals surface area contributed by atoms with Crippen molar-refractivity contribution >= 4 is 15.9 Å². The van der Waals surface area contributed by atoms with E-state index in [0.29, 0.717) is 12.8 Å². The van der Waals surface area contributed by atoms with Crippen LogP contribution in [0, 0.1) is 0 Å². The standard InChI is InChI=1S/C16H22BrN3O/c1-3-14-16(17)15(20(4-2)19-14)11-13(21)9-8-12-7-5-6-10-18-12/h5-7,10,13,21H,3-4,8-9,11H2,1-2H3. The van der Waals surface area contributed by atoms with Crippen LogP contribution in [-0.2, 0) is 25.8 Å². The van der Waals surface area contributed by atoms with Crippen LogP contribution in [0.2, 0.25) is 0 Å². The molecule has 0 aliphatic carbocycles. The molecule has 0 saturated carbocycles. The SMILES string of the molecule is CCc1nn(CC)c(CC(O)CCc2ccccn2)c1Br. The number of aliphatic hydroxyl groups excluding tert-OH is 1. The lowest BCUT2D eigenvalue weighted by Gasteiger charge is -2.12. The number of aromatic nitrogens is 3. The van der Waals surface area contributed by atoms with Crippen LogP contribution in [0.1, 0.15) is 37.4 Å². The van der Waals surface area contributed by atoms with E-state index in [-0.39, 0.29) is 6.10 Å². The van der Waals surface area contributed by atoms with Crippen molar-refractivity contribution in [3.8, 4) is 0 Å². The molecule has 2 aromatic rings. The van der Waals surface area contributed by atoms with E-state index in [1.54, 1.807) is 6.20 Å². The van der Waals surface area contributed by atoms with Crippen molar-refractivity contribution in [3.05, 3.63) is 46.0 Å². The summed E-state index contributed by atoms with van der Waals surface area (Å²) in [5.41, 5.74) is 3.17. The van der Waals surface area contributed by atoms with Gasteiger partial charge in [-0.2, -0.15) is 5.10 Å². The lowest BCUT2D eigenvalue weighted by molar-refractivity contribution is 0.162. The first-order valence-electron chi connectivity index (χ1n) is 7.47. The van der Waals surface area contributed by atoms with E-state index in [1.165, 1.54) is 0 Å². The molecule has 0 amide bonds. The smallest absolute Gasteiger partial charge is 0.0766 e. The van der Waals surface area contributed by atoms with Crippen LogP contribution in [0.5, 0.6) is 0 Å². The predicted molar refractivity (Wildman–Crippen MR) is 87.2 cm³/mol. The Labute approximate surface area is 134 Å². The average Bonchev–Trinajstić information content (AvgIpc) is 2.82. The van der Waals surface area contributed by atoms with Crippen molar-refractivity contribution in [1.29, 1.82) is 0 Å². The van der Waals surface area contributed by atoms with Gasteiger partial charge in [-0.15, -0.1) is 0 Å². The van der Waals surface area contributed by atoms with E-state index in [2.05, 4.69) is 39.9 Å². The third-order valence-electron chi connectivity index (χ3n) is 3.58. The Bertz CT molecular complexity index is 568. The summed E-state index contributed by atoms with van der Waals surface area (Å²) in [5, 5.41) is 14.9. The van der Waals surface area contributed by atoms with E-state index >= 15 is 0 Å². The highest BCUT2D eigenvalue weighted by atomic mass is 79.9. The van der Waals surface area contributed by atoms with Crippen molar-refractivity contribution in [1.82, 2.24) is 14.8 Å². The highest BCUT2D eigenvalue weighted by Crippen LogP contribution is 2.24. The molecular formula is C16H22BrN3O. The first-order valence-corrected chi connectivity index (χ1v) is 8.27. The van der Waals surface area contributed by atoms with Gasteiger partial charge in [-0.25, -0.2) is 0 Å². The maximum atomic E-state index is 10.3. The van der Waals surface area contributed by atoms with Crippen LogP contribution in [-0.4, -0.2) is 26.0 Å². The topological polar surface area (TPSA) is 50.9 Å². The number of nitrogens with zero attached hydrogens (tertiary/aromatic N) is 3. The molecule has 0 aromatic carbocycles. The quantitative estimate of drug-likeness (QED) is 0.833. The maximum Gasteiger partial charge on any atom is 0.0766 e. The summed E-state index contributed by atoms with van der Waals surface area (Å²) in [4.78, 5) is 4.29. The summed E-state index contributed by atoms with van der Waals surface area (Å²) in [5.74, 6) is 0. The lowest BCUT2D eigenvalue weighted by atomic mass is 10.1. The van der Waals surface area contributed by atoms with Crippen LogP contribution < -0.4 is 0 Å². The second kappa shape index (κ2) is 7.71. The van der Waals surface area contributed by atoms with Gasteiger partial charge in [0.15, 0.2) is 0 Å². The molecule has 1 N–H and O–H groups in total. The first kappa shape index (κ1) is 16.2. The van der Waals surface area contributed by atoms with Crippen molar-refractivity contribution < 1.29 is 5.11 Å². The molecular weight excluding hydrogens is 330 g/mol. The highest BCUT2D eigenvalue weighted by Gasteiger charge is 2.17. The molecule has 2 aromatic heterocycles. The highest BCUT2D eigenvalue weighted by molar-refractivity contribution is 9.10. The molecule has 4 nitrogen and oxygen atoms in total. The van der Waals surface area contributed by atoms with Crippen LogP contribution >= 0.6 is 15.9 Å². The average molecular weight is 352 g/mol. The second-order valence-corrected chi connectivity index (χ2v) is 5.89. The summed E-state index contributed by atoms with van der Waals surface area (Å²) >= 11 is 3.62. The molecule has 0 aliphatic rings. The zero-order valence-electron chi connectivity index (χ0n) is 12.6. The van der Waals surface area contributed by atoms with Gasteiger partial charge >= 0.3 is 0 Å². The van der Waals surface area contributed by atoms with E-state index in [9.17, 15) is 5.11 Å². The van der Waals surface area contributed by atoms with Gasteiger partial charge in [0, 0.05) is 24.9 Å². The largest absolute Gasteiger partial charge is 0.393 e. The Morgan fingerprint density at radius 1 is 1.33 bits per heavy atom. The van der Waals surface area contributed by atoms with Crippen molar-refractivity contribution in [2.24, 2.45) is 0 Å². The molecule has 0 aliphatic heterocycles. The van der Waals surface area contributed by atoms with E-state index in [1.807, 2.05) is 22.9 Å². The van der Waals surface area contributed by atoms with Gasteiger partial charge in [-0.3, -0.25) is 9.67 Å². The van der Waals surface area contributed by atoms with Crippen LogP contribution in [0.4, 0.5) is 0 Å². The van der Waals surface area contributed by atoms with Gasteiger partial charge < -0.3 is 5.11 Å². The van der Waals surface area contributed by atoms with Gasteiger partial charge in [0.25, 0.3) is 0 Å². The fourth-order valence-corrected chi connectivity index (χ4v) is 3.12. The molecule has 0 radical (unpaired) electrons. The predicted octanol–water partition coefficient (Wildman–Crippen LogP) is 3.16. The Morgan fingerprint density at radius 3 is 2.76 bits per heavy atom. The number of halogens is 1. The Hall–Kier alpha value is -1.20. The minimum Gasteiger partial charge on any atom is -0.393 e. The molecule has 2 heterocycles. The number of aryl methyl sites for hydroxylation is 3. The summed E-state index contributed by atoms with van der Waals surface area (Å²) < 4.78 is 3.02. The second-order valence-electron chi connectivity index (χ2n) is 5.09. The number of pyridine rings is 1. The molecule has 21 heavy (non-hydrogen) atoms. The molecule has 0 bridgehead atoms. The summed E-state index contributed by atoms with van der Waals surface area (Å²) in [6.45, 7) is 4.98.